The topological polar surface area (TPSA) is 0 Å². The van der Waals surface area contributed by atoms with E-state index in [0.717, 1.165) is 0 Å². The zero-order valence-corrected chi connectivity index (χ0v) is 18.0. The van der Waals surface area contributed by atoms with Gasteiger partial charge in [0, 0.05) is 0 Å². The Balaban J connectivity index is 2.31. The average Bonchev–Trinajstić information content (AvgIpc) is 2.71. The van der Waals surface area contributed by atoms with Crippen LogP contribution in [0.2, 0.25) is 0 Å². The lowest BCUT2D eigenvalue weighted by atomic mass is 10.0. The van der Waals surface area contributed by atoms with E-state index in [1.165, 1.54) is 89.9 Å². The van der Waals surface area contributed by atoms with E-state index >= 15 is 0 Å². The standard InChI is InChI=1S/C28H42/c1-2-4-6-8-10-12-14-16-18-20-22-24-26-28-27-25-23-21-19-17-15-13-11-9-7-5-3-1/h1-14H,15-28H2/b2-1?,5-3-,6-4?,9-7-,10-8?,13-11-,14-12?. The third-order valence-electron chi connectivity index (χ3n) is 4.99. The van der Waals surface area contributed by atoms with Gasteiger partial charge in [-0.3, -0.25) is 0 Å². The first-order valence-corrected chi connectivity index (χ1v) is 11.6. The van der Waals surface area contributed by atoms with Crippen molar-refractivity contribution in [1.29, 1.82) is 0 Å². The van der Waals surface area contributed by atoms with E-state index in [9.17, 15) is 0 Å². The summed E-state index contributed by atoms with van der Waals surface area (Å²) in [5.74, 6) is 0. The summed E-state index contributed by atoms with van der Waals surface area (Å²) < 4.78 is 0. The van der Waals surface area contributed by atoms with Gasteiger partial charge >= 0.3 is 0 Å². The summed E-state index contributed by atoms with van der Waals surface area (Å²) in [4.78, 5) is 0. The Hall–Kier alpha value is -1.82. The molecule has 0 aliphatic heterocycles. The molecular weight excluding hydrogens is 336 g/mol. The van der Waals surface area contributed by atoms with Gasteiger partial charge in [-0.2, -0.15) is 0 Å². The first-order valence-electron chi connectivity index (χ1n) is 11.6. The van der Waals surface area contributed by atoms with E-state index in [4.69, 9.17) is 0 Å². The predicted molar refractivity (Wildman–Crippen MR) is 129 cm³/mol. The van der Waals surface area contributed by atoms with Gasteiger partial charge in [-0.05, 0) is 25.7 Å². The zero-order chi connectivity index (χ0) is 19.8. The maximum atomic E-state index is 2.29. The summed E-state index contributed by atoms with van der Waals surface area (Å²) in [5, 5.41) is 0. The van der Waals surface area contributed by atoms with Crippen LogP contribution in [0, 0.1) is 0 Å². The molecule has 28 heavy (non-hydrogen) atoms. The van der Waals surface area contributed by atoms with E-state index in [0.29, 0.717) is 0 Å². The Morgan fingerprint density at radius 1 is 0.214 bits per heavy atom. The van der Waals surface area contributed by atoms with Gasteiger partial charge < -0.3 is 0 Å². The molecule has 0 unspecified atom stereocenters. The van der Waals surface area contributed by atoms with E-state index < -0.39 is 0 Å². The number of hydrogen-bond donors (Lipinski definition) is 0. The van der Waals surface area contributed by atoms with Crippen molar-refractivity contribution in [3.63, 3.8) is 0 Å². The second-order valence-electron chi connectivity index (χ2n) is 7.60. The molecule has 0 aromatic heterocycles. The highest BCUT2D eigenvalue weighted by Crippen LogP contribution is 2.13. The molecule has 1 aliphatic rings. The molecule has 0 nitrogen and oxygen atoms in total. The fraction of sp³-hybridized carbons (Fsp3) is 0.500. The van der Waals surface area contributed by atoms with Gasteiger partial charge in [0.15, 0.2) is 0 Å². The summed E-state index contributed by atoms with van der Waals surface area (Å²) in [5.41, 5.74) is 0. The average molecular weight is 379 g/mol. The van der Waals surface area contributed by atoms with Crippen molar-refractivity contribution in [3.8, 4) is 0 Å². The van der Waals surface area contributed by atoms with Crippen LogP contribution in [0.5, 0.6) is 0 Å². The van der Waals surface area contributed by atoms with Crippen LogP contribution in [0.3, 0.4) is 0 Å². The normalized spacial score (nSPS) is 23.4. The quantitative estimate of drug-likeness (QED) is 0.394. The van der Waals surface area contributed by atoms with Crippen LogP contribution in [0.15, 0.2) is 85.1 Å². The lowest BCUT2D eigenvalue weighted by molar-refractivity contribution is 0.542. The number of hydrogen-bond acceptors (Lipinski definition) is 0. The molecule has 0 aromatic rings. The Kier molecular flexibility index (Phi) is 18.6. The Morgan fingerprint density at radius 2 is 0.429 bits per heavy atom. The molecule has 0 heteroatoms. The largest absolute Gasteiger partial charge is 0.0845 e. The fourth-order valence-corrected chi connectivity index (χ4v) is 3.28. The third-order valence-corrected chi connectivity index (χ3v) is 4.99. The molecule has 0 atom stereocenters. The van der Waals surface area contributed by atoms with Crippen molar-refractivity contribution in [2.24, 2.45) is 0 Å². The van der Waals surface area contributed by atoms with E-state index in [1.54, 1.807) is 0 Å². The Morgan fingerprint density at radius 3 is 0.714 bits per heavy atom. The van der Waals surface area contributed by atoms with Crippen LogP contribution >= 0.6 is 0 Å². The summed E-state index contributed by atoms with van der Waals surface area (Å²) >= 11 is 0. The monoisotopic (exact) mass is 378 g/mol. The highest BCUT2D eigenvalue weighted by molar-refractivity contribution is 5.20. The maximum absolute atomic E-state index is 2.29. The minimum Gasteiger partial charge on any atom is -0.0845 e. The molecule has 0 radical (unpaired) electrons. The van der Waals surface area contributed by atoms with E-state index in [-0.39, 0.29) is 0 Å². The molecule has 1 aliphatic carbocycles. The van der Waals surface area contributed by atoms with Crippen molar-refractivity contribution in [1.82, 2.24) is 0 Å². The smallest absolute Gasteiger partial charge is 0.0348 e. The Labute approximate surface area is 175 Å². The summed E-state index contributed by atoms with van der Waals surface area (Å²) in [6.07, 6.45) is 49.0. The van der Waals surface area contributed by atoms with Crippen molar-refractivity contribution in [2.45, 2.75) is 89.9 Å². The van der Waals surface area contributed by atoms with Crippen LogP contribution < -0.4 is 0 Å². The highest BCUT2D eigenvalue weighted by atomic mass is 14.0. The van der Waals surface area contributed by atoms with Gasteiger partial charge in [0.25, 0.3) is 0 Å². The van der Waals surface area contributed by atoms with Crippen LogP contribution in [0.1, 0.15) is 89.9 Å². The van der Waals surface area contributed by atoms with Gasteiger partial charge in [-0.1, -0.05) is 149 Å². The summed E-state index contributed by atoms with van der Waals surface area (Å²) in [6.45, 7) is 0. The van der Waals surface area contributed by atoms with E-state index in [1.807, 2.05) is 0 Å². The second-order valence-corrected chi connectivity index (χ2v) is 7.60. The minimum atomic E-state index is 1.21. The lowest BCUT2D eigenvalue weighted by Crippen LogP contribution is -1.82. The molecule has 0 aromatic carbocycles. The highest BCUT2D eigenvalue weighted by Gasteiger charge is 1.93. The van der Waals surface area contributed by atoms with E-state index in [2.05, 4.69) is 85.1 Å². The molecule has 0 amide bonds. The minimum absolute atomic E-state index is 1.21. The first kappa shape index (κ1) is 24.2. The SMILES string of the molecule is C1=CC=C\C=C/C=C\C=C/CCCCCCCCCCCCCCC=CC=C1. The molecule has 0 fully saturated rings. The summed E-state index contributed by atoms with van der Waals surface area (Å²) in [6, 6.07) is 0. The van der Waals surface area contributed by atoms with Crippen molar-refractivity contribution < 1.29 is 0 Å². The van der Waals surface area contributed by atoms with Crippen LogP contribution in [-0.2, 0) is 0 Å². The predicted octanol–water partition coefficient (Wildman–Crippen LogP) is 9.35. The molecule has 0 saturated carbocycles. The molecule has 0 heterocycles. The van der Waals surface area contributed by atoms with Gasteiger partial charge in [0.05, 0.1) is 0 Å². The summed E-state index contributed by atoms with van der Waals surface area (Å²) in [7, 11) is 0. The zero-order valence-electron chi connectivity index (χ0n) is 18.0. The maximum Gasteiger partial charge on any atom is -0.0348 e. The van der Waals surface area contributed by atoms with Gasteiger partial charge in [-0.15, -0.1) is 0 Å². The van der Waals surface area contributed by atoms with Crippen LogP contribution in [-0.4, -0.2) is 0 Å². The second kappa shape index (κ2) is 21.5. The van der Waals surface area contributed by atoms with Gasteiger partial charge in [-0.25, -0.2) is 0 Å². The first-order chi connectivity index (χ1) is 14.0. The molecule has 0 N–H and O–H groups in total. The van der Waals surface area contributed by atoms with Gasteiger partial charge in [0.1, 0.15) is 0 Å². The van der Waals surface area contributed by atoms with Crippen LogP contribution in [0.4, 0.5) is 0 Å². The van der Waals surface area contributed by atoms with Crippen molar-refractivity contribution >= 4 is 0 Å². The molecule has 154 valence electrons. The fourth-order valence-electron chi connectivity index (χ4n) is 3.28. The van der Waals surface area contributed by atoms with Gasteiger partial charge in [0.2, 0.25) is 0 Å². The lowest BCUT2D eigenvalue weighted by Gasteiger charge is -2.02. The third kappa shape index (κ3) is 19.0. The molecule has 0 spiro atoms. The van der Waals surface area contributed by atoms with Crippen molar-refractivity contribution in [3.05, 3.63) is 85.1 Å². The van der Waals surface area contributed by atoms with Crippen molar-refractivity contribution in [2.75, 3.05) is 0 Å². The molecule has 0 bridgehead atoms. The molecule has 1 rings (SSSR count). The number of allylic oxidation sites excluding steroid dienone is 14. The Bertz CT molecular complexity index is 474. The molecule has 0 saturated heterocycles. The number of rotatable bonds is 0. The van der Waals surface area contributed by atoms with Crippen LogP contribution in [0.25, 0.3) is 0 Å². The molecular formula is C28H42.